The van der Waals surface area contributed by atoms with Crippen LogP contribution in [-0.2, 0) is 9.47 Å². The minimum absolute atomic E-state index is 0.0739. The molecule has 3 heterocycles. The van der Waals surface area contributed by atoms with Crippen molar-refractivity contribution in [3.8, 4) is 12.1 Å². The van der Waals surface area contributed by atoms with Crippen LogP contribution in [0.5, 0.6) is 0 Å². The van der Waals surface area contributed by atoms with Crippen LogP contribution < -0.4 is 5.73 Å². The van der Waals surface area contributed by atoms with Gasteiger partial charge in [0.2, 0.25) is 0 Å². The molecule has 1 saturated heterocycles. The summed E-state index contributed by atoms with van der Waals surface area (Å²) in [7, 11) is 0. The number of fused-ring (bicyclic) bond motifs is 2. The lowest BCUT2D eigenvalue weighted by Gasteiger charge is -2.25. The van der Waals surface area contributed by atoms with Gasteiger partial charge in [-0.3, -0.25) is 0 Å². The summed E-state index contributed by atoms with van der Waals surface area (Å²) in [5.41, 5.74) is 3.42. The first-order valence-electron chi connectivity index (χ1n) is 6.18. The maximum atomic E-state index is 9.74. The summed E-state index contributed by atoms with van der Waals surface area (Å²) >= 11 is 0. The molecule has 1 spiro atoms. The number of amidine groups is 1. The van der Waals surface area contributed by atoms with E-state index in [2.05, 4.69) is 17.1 Å². The number of nitrogens with two attached hydrogens (primary N) is 1. The van der Waals surface area contributed by atoms with Crippen LogP contribution in [0.25, 0.3) is 0 Å². The molecular weight excluding hydrogens is 260 g/mol. The molecule has 100 valence electrons. The van der Waals surface area contributed by atoms with Crippen LogP contribution in [0.4, 0.5) is 0 Å². The van der Waals surface area contributed by atoms with Crippen LogP contribution in [0.3, 0.4) is 0 Å². The van der Waals surface area contributed by atoms with Gasteiger partial charge in [-0.25, -0.2) is 4.99 Å². The molecule has 0 amide bonds. The molecule has 0 radical (unpaired) electrons. The topological polar surface area (TPSA) is 118 Å². The number of nitriles is 2. The van der Waals surface area contributed by atoms with Crippen LogP contribution in [0, 0.1) is 33.5 Å². The minimum atomic E-state index is -1.49. The quantitative estimate of drug-likeness (QED) is 0.792. The number of ether oxygens (including phenoxy) is 2. The van der Waals surface area contributed by atoms with Gasteiger partial charge in [0.1, 0.15) is 11.6 Å². The van der Waals surface area contributed by atoms with Crippen molar-refractivity contribution in [2.75, 3.05) is 13.2 Å². The Hall–Kier alpha value is -2.35. The van der Waals surface area contributed by atoms with Crippen molar-refractivity contribution >= 4 is 5.84 Å². The third-order valence-electron chi connectivity index (χ3n) is 4.43. The van der Waals surface area contributed by atoms with Crippen molar-refractivity contribution in [3.05, 3.63) is 24.2 Å². The second-order valence-corrected chi connectivity index (χ2v) is 5.06. The fourth-order valence-electron chi connectivity index (χ4n) is 3.60. The molecule has 2 N–H and O–H groups in total. The molecule has 1 aliphatic carbocycles. The van der Waals surface area contributed by atoms with Crippen LogP contribution in [0.2, 0.25) is 0 Å². The molecule has 0 bridgehead atoms. The summed E-state index contributed by atoms with van der Waals surface area (Å²) in [6.07, 6.45) is 1.50. The highest BCUT2D eigenvalue weighted by Gasteiger charge is 2.95. The molecule has 1 saturated carbocycles. The van der Waals surface area contributed by atoms with Crippen LogP contribution >= 0.6 is 0 Å². The van der Waals surface area contributed by atoms with Gasteiger partial charge >= 0.3 is 0 Å². The third-order valence-corrected chi connectivity index (χ3v) is 4.43. The lowest BCUT2D eigenvalue weighted by molar-refractivity contribution is -0.184. The Morgan fingerprint density at radius 2 is 2.05 bits per heavy atom. The molecule has 0 unspecified atom stereocenters. The Morgan fingerprint density at radius 3 is 2.60 bits per heavy atom. The van der Waals surface area contributed by atoms with Gasteiger partial charge in [0.25, 0.3) is 5.91 Å². The molecule has 3 aliphatic rings. The van der Waals surface area contributed by atoms with Gasteiger partial charge in [-0.15, -0.1) is 0 Å². The molecule has 2 aliphatic heterocycles. The van der Waals surface area contributed by atoms with Crippen LogP contribution in [0.1, 0.15) is 11.7 Å². The van der Waals surface area contributed by atoms with Crippen molar-refractivity contribution in [2.24, 2.45) is 21.6 Å². The highest BCUT2D eigenvalue weighted by Crippen LogP contribution is 2.82. The fourth-order valence-corrected chi connectivity index (χ4v) is 3.60. The predicted molar refractivity (Wildman–Crippen MR) is 63.8 cm³/mol. The van der Waals surface area contributed by atoms with Gasteiger partial charge in [0.15, 0.2) is 10.8 Å². The predicted octanol–water partition coefficient (Wildman–Crippen LogP) is 0.468. The second-order valence-electron chi connectivity index (χ2n) is 5.06. The summed E-state index contributed by atoms with van der Waals surface area (Å²) < 4.78 is 16.5. The fraction of sp³-hybridized carbons (Fsp3) is 0.462. The SMILES string of the molecule is N#C[C@@]12C(N)=NC3(OCCO3)[C@]1(C#N)[C@@H]2c1ccco1. The van der Waals surface area contributed by atoms with E-state index in [0.717, 1.165) is 0 Å². The van der Waals surface area contributed by atoms with E-state index in [0.29, 0.717) is 19.0 Å². The Bertz CT molecular complexity index is 692. The first-order valence-corrected chi connectivity index (χ1v) is 6.18. The van der Waals surface area contributed by atoms with E-state index in [4.69, 9.17) is 19.6 Å². The normalized spacial score (nSPS) is 39.9. The molecule has 20 heavy (non-hydrogen) atoms. The van der Waals surface area contributed by atoms with Gasteiger partial charge in [-0.2, -0.15) is 10.5 Å². The molecule has 3 atom stereocenters. The minimum Gasteiger partial charge on any atom is -0.469 e. The highest BCUT2D eigenvalue weighted by molar-refractivity contribution is 6.00. The zero-order chi connectivity index (χ0) is 14.0. The van der Waals surface area contributed by atoms with Gasteiger partial charge in [-0.05, 0) is 12.1 Å². The van der Waals surface area contributed by atoms with E-state index in [-0.39, 0.29) is 5.84 Å². The third kappa shape index (κ3) is 0.856. The average Bonchev–Trinajstić information content (AvgIpc) is 2.93. The maximum Gasteiger partial charge on any atom is 0.293 e. The highest BCUT2D eigenvalue weighted by atomic mass is 16.8. The largest absolute Gasteiger partial charge is 0.469 e. The van der Waals surface area contributed by atoms with E-state index >= 15 is 0 Å². The smallest absolute Gasteiger partial charge is 0.293 e. The summed E-state index contributed by atoms with van der Waals surface area (Å²) in [5, 5.41) is 19.4. The van der Waals surface area contributed by atoms with E-state index < -0.39 is 22.7 Å². The number of furan rings is 1. The number of aliphatic imine (C=N–C) groups is 1. The van der Waals surface area contributed by atoms with Gasteiger partial charge in [0.05, 0.1) is 37.5 Å². The Labute approximate surface area is 114 Å². The molecule has 7 nitrogen and oxygen atoms in total. The molecule has 7 heteroatoms. The zero-order valence-electron chi connectivity index (χ0n) is 10.4. The summed E-state index contributed by atoms with van der Waals surface area (Å²) in [6, 6.07) is 7.75. The maximum absolute atomic E-state index is 9.74. The van der Waals surface area contributed by atoms with E-state index in [1.54, 1.807) is 12.1 Å². The summed E-state index contributed by atoms with van der Waals surface area (Å²) in [5.74, 6) is -1.43. The molecule has 0 aromatic carbocycles. The molecule has 1 aromatic heterocycles. The summed E-state index contributed by atoms with van der Waals surface area (Å²) in [4.78, 5) is 4.16. The second kappa shape index (κ2) is 3.21. The van der Waals surface area contributed by atoms with E-state index in [1.807, 2.05) is 0 Å². The van der Waals surface area contributed by atoms with Crippen molar-refractivity contribution in [1.82, 2.24) is 0 Å². The summed E-state index contributed by atoms with van der Waals surface area (Å²) in [6.45, 7) is 0.624. The number of hydrogen-bond donors (Lipinski definition) is 1. The van der Waals surface area contributed by atoms with E-state index in [1.165, 1.54) is 6.26 Å². The van der Waals surface area contributed by atoms with Crippen LogP contribution in [-0.4, -0.2) is 25.0 Å². The lowest BCUT2D eigenvalue weighted by atomic mass is 9.94. The molecule has 1 aromatic rings. The Morgan fingerprint density at radius 1 is 1.30 bits per heavy atom. The van der Waals surface area contributed by atoms with Crippen molar-refractivity contribution in [2.45, 2.75) is 11.8 Å². The Balaban J connectivity index is 1.96. The van der Waals surface area contributed by atoms with Crippen LogP contribution in [0.15, 0.2) is 27.8 Å². The monoisotopic (exact) mass is 270 g/mol. The van der Waals surface area contributed by atoms with Gasteiger partial charge in [0, 0.05) is 0 Å². The molecular formula is C13H10N4O3. The van der Waals surface area contributed by atoms with Crippen molar-refractivity contribution in [3.63, 3.8) is 0 Å². The lowest BCUT2D eigenvalue weighted by Crippen LogP contribution is -2.38. The number of rotatable bonds is 1. The van der Waals surface area contributed by atoms with Gasteiger partial charge in [-0.1, -0.05) is 0 Å². The van der Waals surface area contributed by atoms with Gasteiger partial charge < -0.3 is 19.6 Å². The first kappa shape index (κ1) is 11.5. The molecule has 4 rings (SSSR count). The Kier molecular flexibility index (Phi) is 1.84. The standard InChI is InChI=1S/C13H10N4O3/c14-6-11-9(8-2-1-3-18-8)12(11,7-15)13(17-10(11)16)19-4-5-20-13/h1-3,9H,4-5H2,(H2,16,17)/t9-,11-,12-/m1/s1. The molecule has 2 fully saturated rings. The average molecular weight is 270 g/mol. The first-order chi connectivity index (χ1) is 9.68. The van der Waals surface area contributed by atoms with Crippen molar-refractivity contribution < 1.29 is 13.9 Å². The number of hydrogen-bond acceptors (Lipinski definition) is 7. The zero-order valence-corrected chi connectivity index (χ0v) is 10.4. The van der Waals surface area contributed by atoms with Crippen molar-refractivity contribution in [1.29, 1.82) is 10.5 Å². The van der Waals surface area contributed by atoms with E-state index in [9.17, 15) is 10.5 Å². The number of nitrogens with zero attached hydrogens (tertiary/aromatic N) is 3.